The van der Waals surface area contributed by atoms with Gasteiger partial charge in [-0.15, -0.1) is 0 Å². The third kappa shape index (κ3) is 4.90. The normalized spacial score (nSPS) is 21.0. The molecule has 1 aliphatic heterocycles. The second-order valence-electron chi connectivity index (χ2n) is 9.61. The summed E-state index contributed by atoms with van der Waals surface area (Å²) < 4.78 is 51.3. The Morgan fingerprint density at radius 3 is 2.34 bits per heavy atom. The number of alkyl halides is 3. The van der Waals surface area contributed by atoms with E-state index < -0.39 is 47.2 Å². The van der Waals surface area contributed by atoms with Gasteiger partial charge >= 0.3 is 18.1 Å². The Morgan fingerprint density at radius 2 is 1.73 bits per heavy atom. The number of nitrogens with zero attached hydrogens (tertiary/aromatic N) is 1. The van der Waals surface area contributed by atoms with Crippen LogP contribution >= 0.6 is 11.3 Å². The zero-order valence-corrected chi connectivity index (χ0v) is 22.8. The highest BCUT2D eigenvalue weighted by Crippen LogP contribution is 2.52. The summed E-state index contributed by atoms with van der Waals surface area (Å²) in [4.78, 5) is 42.1. The van der Waals surface area contributed by atoms with Gasteiger partial charge in [-0.2, -0.15) is 24.5 Å². The van der Waals surface area contributed by atoms with E-state index in [4.69, 9.17) is 15.2 Å². The van der Waals surface area contributed by atoms with Crippen molar-refractivity contribution in [2.45, 2.75) is 24.4 Å². The van der Waals surface area contributed by atoms with Crippen molar-refractivity contribution in [3.8, 4) is 0 Å². The third-order valence-corrected chi connectivity index (χ3v) is 8.14. The Kier molecular flexibility index (Phi) is 7.48. The largest absolute Gasteiger partial charge is 0.468 e. The molecule has 3 aromatic rings. The Balaban J connectivity index is 1.82. The molecule has 0 saturated heterocycles. The van der Waals surface area contributed by atoms with E-state index in [1.807, 2.05) is 0 Å². The van der Waals surface area contributed by atoms with E-state index >= 15 is 0 Å². The summed E-state index contributed by atoms with van der Waals surface area (Å²) >= 11 is 1.33. The highest BCUT2D eigenvalue weighted by Gasteiger charge is 2.51. The molecule has 0 spiro atoms. The van der Waals surface area contributed by atoms with Gasteiger partial charge in [0, 0.05) is 22.9 Å². The second kappa shape index (κ2) is 10.9. The van der Waals surface area contributed by atoms with Crippen LogP contribution in [0.1, 0.15) is 34.9 Å². The van der Waals surface area contributed by atoms with Gasteiger partial charge < -0.3 is 15.2 Å². The number of thiophene rings is 1. The molecule has 1 aromatic heterocycles. The average Bonchev–Trinajstić information content (AvgIpc) is 3.50. The standard InChI is InChI=1S/C30H25F3N2O5S/c1-39-28(37)23-20(16-7-4-3-5-8-16)14-21-24(26(23)36)22(17-11-12-41-15-17)25(29(38)40-2)27(34)35(21)19-10-6-9-18(13-19)30(31,32)33/h3-13,15,20,22-23H,14,34H2,1-2H3/t20-,22-,23+/m0/s1. The lowest BCUT2D eigenvalue weighted by molar-refractivity contribution is -0.150. The van der Waals surface area contributed by atoms with Gasteiger partial charge in [0.1, 0.15) is 11.7 Å². The number of carbonyl (C=O) groups is 3. The number of esters is 2. The lowest BCUT2D eigenvalue weighted by Crippen LogP contribution is -2.46. The maximum absolute atomic E-state index is 14.4. The predicted octanol–water partition coefficient (Wildman–Crippen LogP) is 5.51. The van der Waals surface area contributed by atoms with E-state index in [0.717, 1.165) is 19.2 Å². The molecule has 0 fully saturated rings. The molecule has 0 bridgehead atoms. The molecule has 0 radical (unpaired) electrons. The molecule has 212 valence electrons. The first-order valence-electron chi connectivity index (χ1n) is 12.6. The Hall–Kier alpha value is -4.38. The molecule has 5 rings (SSSR count). The molecule has 0 unspecified atom stereocenters. The highest BCUT2D eigenvalue weighted by atomic mass is 32.1. The van der Waals surface area contributed by atoms with Crippen LogP contribution in [-0.2, 0) is 30.0 Å². The lowest BCUT2D eigenvalue weighted by Gasteiger charge is -2.44. The number of hydrogen-bond acceptors (Lipinski definition) is 8. The molecular weight excluding hydrogens is 557 g/mol. The van der Waals surface area contributed by atoms with Crippen LogP contribution < -0.4 is 10.6 Å². The number of nitrogens with two attached hydrogens (primary N) is 1. The number of rotatable bonds is 5. The van der Waals surface area contributed by atoms with Crippen molar-refractivity contribution in [1.29, 1.82) is 0 Å². The summed E-state index contributed by atoms with van der Waals surface area (Å²) in [6.45, 7) is 0. The van der Waals surface area contributed by atoms with Gasteiger partial charge in [0.15, 0.2) is 5.78 Å². The van der Waals surface area contributed by atoms with Crippen LogP contribution in [0.3, 0.4) is 0 Å². The summed E-state index contributed by atoms with van der Waals surface area (Å²) in [6, 6.07) is 15.1. The predicted molar refractivity (Wildman–Crippen MR) is 146 cm³/mol. The smallest absolute Gasteiger partial charge is 0.416 e. The van der Waals surface area contributed by atoms with Crippen LogP contribution in [0.25, 0.3) is 0 Å². The molecule has 2 aromatic carbocycles. The fourth-order valence-corrected chi connectivity index (χ4v) is 6.32. The van der Waals surface area contributed by atoms with Crippen molar-refractivity contribution >= 4 is 34.7 Å². The quantitative estimate of drug-likeness (QED) is 0.313. The first-order valence-corrected chi connectivity index (χ1v) is 13.5. The van der Waals surface area contributed by atoms with Crippen molar-refractivity contribution < 1.29 is 37.0 Å². The molecule has 1 aliphatic carbocycles. The number of carbonyl (C=O) groups excluding carboxylic acids is 3. The molecule has 2 heterocycles. The fourth-order valence-electron chi connectivity index (χ4n) is 5.64. The summed E-state index contributed by atoms with van der Waals surface area (Å²) in [7, 11) is 2.34. The first kappa shape index (κ1) is 28.2. The molecule has 3 atom stereocenters. The number of anilines is 1. The van der Waals surface area contributed by atoms with Gasteiger partial charge in [-0.25, -0.2) is 4.79 Å². The van der Waals surface area contributed by atoms with E-state index in [-0.39, 0.29) is 29.1 Å². The molecule has 7 nitrogen and oxygen atoms in total. The van der Waals surface area contributed by atoms with Crippen molar-refractivity contribution in [3.05, 3.63) is 111 Å². The summed E-state index contributed by atoms with van der Waals surface area (Å²) in [5.74, 6) is -5.36. The number of Topliss-reactive ketones (excluding diaryl/α,β-unsaturated/α-hetero) is 1. The molecule has 2 N–H and O–H groups in total. The first-order chi connectivity index (χ1) is 19.6. The maximum atomic E-state index is 14.4. The number of benzene rings is 2. The minimum absolute atomic E-state index is 0.00567. The highest BCUT2D eigenvalue weighted by molar-refractivity contribution is 7.08. The van der Waals surface area contributed by atoms with Crippen LogP contribution in [0.15, 0.2) is 94.1 Å². The number of ketones is 1. The third-order valence-electron chi connectivity index (χ3n) is 7.43. The topological polar surface area (TPSA) is 98.9 Å². The summed E-state index contributed by atoms with van der Waals surface area (Å²) in [6.07, 6.45) is -4.60. The number of halogens is 3. The van der Waals surface area contributed by atoms with Crippen LogP contribution in [0.4, 0.5) is 18.9 Å². The van der Waals surface area contributed by atoms with Gasteiger partial charge in [0.25, 0.3) is 0 Å². The van der Waals surface area contributed by atoms with Crippen molar-refractivity contribution in [1.82, 2.24) is 0 Å². The van der Waals surface area contributed by atoms with E-state index in [0.29, 0.717) is 16.8 Å². The molecule has 41 heavy (non-hydrogen) atoms. The number of methoxy groups -OCH3 is 2. The molecular formula is C30H25F3N2O5S. The summed E-state index contributed by atoms with van der Waals surface area (Å²) in [5.41, 5.74) is 7.20. The molecule has 2 aliphatic rings. The number of ether oxygens (including phenoxy) is 2. The minimum Gasteiger partial charge on any atom is -0.468 e. The van der Waals surface area contributed by atoms with E-state index in [9.17, 15) is 27.6 Å². The molecule has 0 saturated carbocycles. The van der Waals surface area contributed by atoms with Gasteiger partial charge in [-0.1, -0.05) is 36.4 Å². The zero-order valence-electron chi connectivity index (χ0n) is 22.0. The fraction of sp³-hybridized carbons (Fsp3) is 0.233. The van der Waals surface area contributed by atoms with Crippen LogP contribution in [0.5, 0.6) is 0 Å². The summed E-state index contributed by atoms with van der Waals surface area (Å²) in [5, 5.41) is 3.51. The van der Waals surface area contributed by atoms with Crippen LogP contribution in [0.2, 0.25) is 0 Å². The van der Waals surface area contributed by atoms with E-state index in [2.05, 4.69) is 0 Å². The monoisotopic (exact) mass is 582 g/mol. The van der Waals surface area contributed by atoms with Gasteiger partial charge in [-0.3, -0.25) is 14.5 Å². The van der Waals surface area contributed by atoms with Crippen LogP contribution in [-0.4, -0.2) is 31.9 Å². The number of hydrogen-bond donors (Lipinski definition) is 1. The Bertz CT molecular complexity index is 1560. The number of allylic oxidation sites excluding steroid dienone is 2. The Labute approximate surface area is 237 Å². The van der Waals surface area contributed by atoms with Gasteiger partial charge in [-0.05, 0) is 52.6 Å². The van der Waals surface area contributed by atoms with Crippen molar-refractivity contribution in [2.24, 2.45) is 11.7 Å². The lowest BCUT2D eigenvalue weighted by atomic mass is 9.67. The maximum Gasteiger partial charge on any atom is 0.416 e. The van der Waals surface area contributed by atoms with Crippen molar-refractivity contribution in [3.63, 3.8) is 0 Å². The van der Waals surface area contributed by atoms with Gasteiger partial charge in [0.2, 0.25) is 0 Å². The van der Waals surface area contributed by atoms with E-state index in [1.54, 1.807) is 47.2 Å². The SMILES string of the molecule is COC(=O)C1=C(N)N(c2cccc(C(F)(F)F)c2)C2=C(C(=O)[C@H](C(=O)OC)[C@H](c3ccccc3)C2)[C@@H]1c1ccsc1. The Morgan fingerprint density at radius 1 is 1.00 bits per heavy atom. The molecule has 0 amide bonds. The average molecular weight is 583 g/mol. The minimum atomic E-state index is -4.66. The van der Waals surface area contributed by atoms with E-state index in [1.165, 1.54) is 35.5 Å². The zero-order chi connectivity index (χ0) is 29.5. The van der Waals surface area contributed by atoms with Crippen molar-refractivity contribution in [2.75, 3.05) is 19.1 Å². The molecule has 11 heteroatoms. The van der Waals surface area contributed by atoms with Crippen LogP contribution in [0, 0.1) is 5.92 Å². The second-order valence-corrected chi connectivity index (χ2v) is 10.4. The van der Waals surface area contributed by atoms with Gasteiger partial charge in [0.05, 0.1) is 31.3 Å².